The largest absolute Gasteiger partial charge is 0.383 e. The fraction of sp³-hybridized carbons (Fsp3) is 0.417. The normalized spacial score (nSPS) is 13.0. The highest BCUT2D eigenvalue weighted by atomic mass is 35.5. The highest BCUT2D eigenvalue weighted by molar-refractivity contribution is 7.89. The first-order valence-electron chi connectivity index (χ1n) is 5.91. The van der Waals surface area contributed by atoms with E-state index in [1.807, 2.05) is 6.92 Å². The summed E-state index contributed by atoms with van der Waals surface area (Å²) in [4.78, 5) is 11.9. The van der Waals surface area contributed by atoms with Crippen LogP contribution in [0.5, 0.6) is 0 Å². The van der Waals surface area contributed by atoms with Gasteiger partial charge in [-0.3, -0.25) is 4.79 Å². The van der Waals surface area contributed by atoms with E-state index < -0.39 is 15.9 Å². The first-order chi connectivity index (χ1) is 9.27. The molecule has 3 N–H and O–H groups in total. The van der Waals surface area contributed by atoms with E-state index in [0.29, 0.717) is 13.0 Å². The molecule has 1 aromatic rings. The molecule has 0 saturated heterocycles. The van der Waals surface area contributed by atoms with E-state index in [0.717, 1.165) is 0 Å². The van der Waals surface area contributed by atoms with Gasteiger partial charge in [0.1, 0.15) is 0 Å². The number of carbonyl (C=O) groups is 1. The fourth-order valence-electron chi connectivity index (χ4n) is 1.59. The van der Waals surface area contributed by atoms with E-state index in [9.17, 15) is 13.2 Å². The number of sulfonamides is 1. The van der Waals surface area contributed by atoms with Crippen LogP contribution in [0.4, 0.5) is 0 Å². The first kappa shape index (κ1) is 16.9. The lowest BCUT2D eigenvalue weighted by Gasteiger charge is -2.16. The zero-order valence-electron chi connectivity index (χ0n) is 11.2. The standard InChI is InChI=1S/C12H17ClN2O4S/c1-3-10(7-19-2)15-12(16)8-4-9(13)6-11(5-8)20(14,17)18/h4-6,10H,3,7H2,1-2H3,(H,15,16)(H2,14,17,18). The lowest BCUT2D eigenvalue weighted by Crippen LogP contribution is -2.37. The van der Waals surface area contributed by atoms with E-state index in [-0.39, 0.29) is 21.5 Å². The Morgan fingerprint density at radius 3 is 2.60 bits per heavy atom. The maximum Gasteiger partial charge on any atom is 0.251 e. The summed E-state index contributed by atoms with van der Waals surface area (Å²) in [5, 5.41) is 7.89. The number of methoxy groups -OCH3 is 1. The van der Waals surface area contributed by atoms with Crippen molar-refractivity contribution < 1.29 is 17.9 Å². The molecule has 0 aliphatic heterocycles. The number of carbonyl (C=O) groups excluding carboxylic acids is 1. The average Bonchev–Trinajstić information content (AvgIpc) is 2.36. The van der Waals surface area contributed by atoms with Crippen LogP contribution in [0.1, 0.15) is 23.7 Å². The molecule has 1 unspecified atom stereocenters. The molecule has 0 heterocycles. The smallest absolute Gasteiger partial charge is 0.251 e. The summed E-state index contributed by atoms with van der Waals surface area (Å²) in [6.45, 7) is 2.27. The highest BCUT2D eigenvalue weighted by Crippen LogP contribution is 2.18. The van der Waals surface area contributed by atoms with E-state index >= 15 is 0 Å². The monoisotopic (exact) mass is 320 g/mol. The number of primary sulfonamides is 1. The molecule has 0 saturated carbocycles. The van der Waals surface area contributed by atoms with Crippen molar-refractivity contribution in [1.82, 2.24) is 5.32 Å². The predicted molar refractivity (Wildman–Crippen MR) is 76.2 cm³/mol. The Labute approximate surface area is 123 Å². The van der Waals surface area contributed by atoms with Gasteiger partial charge in [-0.1, -0.05) is 18.5 Å². The van der Waals surface area contributed by atoms with Gasteiger partial charge in [-0.2, -0.15) is 0 Å². The number of ether oxygens (including phenoxy) is 1. The van der Waals surface area contributed by atoms with E-state index in [1.54, 1.807) is 0 Å². The van der Waals surface area contributed by atoms with Crippen LogP contribution in [-0.2, 0) is 14.8 Å². The Kier molecular flexibility index (Phi) is 5.94. The zero-order valence-corrected chi connectivity index (χ0v) is 12.8. The molecule has 6 nitrogen and oxygen atoms in total. The maximum absolute atomic E-state index is 12.1. The summed E-state index contributed by atoms with van der Waals surface area (Å²) in [6.07, 6.45) is 0.683. The van der Waals surface area contributed by atoms with Crippen LogP contribution >= 0.6 is 11.6 Å². The molecule has 0 bridgehead atoms. The molecule has 0 aliphatic rings. The second kappa shape index (κ2) is 7.03. The SMILES string of the molecule is CCC(COC)NC(=O)c1cc(Cl)cc(S(N)(=O)=O)c1. The maximum atomic E-state index is 12.1. The van der Waals surface area contributed by atoms with Gasteiger partial charge in [0, 0.05) is 17.7 Å². The Bertz CT molecular complexity index is 589. The summed E-state index contributed by atoms with van der Waals surface area (Å²) in [5.74, 6) is -0.429. The van der Waals surface area contributed by atoms with Crippen LogP contribution in [0.25, 0.3) is 0 Å². The number of hydrogen-bond acceptors (Lipinski definition) is 4. The number of nitrogens with one attached hydrogen (secondary N) is 1. The van der Waals surface area contributed by atoms with Crippen molar-refractivity contribution in [3.8, 4) is 0 Å². The molecule has 0 aromatic heterocycles. The zero-order chi connectivity index (χ0) is 15.3. The Hall–Kier alpha value is -1.15. The molecular formula is C12H17ClN2O4S. The van der Waals surface area contributed by atoms with Crippen molar-refractivity contribution in [1.29, 1.82) is 0 Å². The lowest BCUT2D eigenvalue weighted by molar-refractivity contribution is 0.0894. The van der Waals surface area contributed by atoms with E-state index in [2.05, 4.69) is 5.32 Å². The van der Waals surface area contributed by atoms with Crippen LogP contribution in [-0.4, -0.2) is 34.1 Å². The fourth-order valence-corrected chi connectivity index (χ4v) is 2.47. The minimum absolute atomic E-state index is 0.126. The Balaban J connectivity index is 3.02. The third-order valence-corrected chi connectivity index (χ3v) is 3.77. The minimum Gasteiger partial charge on any atom is -0.383 e. The van der Waals surface area contributed by atoms with Crippen LogP contribution in [0, 0.1) is 0 Å². The third kappa shape index (κ3) is 4.75. The lowest BCUT2D eigenvalue weighted by atomic mass is 10.2. The summed E-state index contributed by atoms with van der Waals surface area (Å²) in [6, 6.07) is 3.60. The van der Waals surface area contributed by atoms with Crippen molar-refractivity contribution in [3.05, 3.63) is 28.8 Å². The van der Waals surface area contributed by atoms with Crippen LogP contribution in [0.15, 0.2) is 23.1 Å². The third-order valence-electron chi connectivity index (χ3n) is 2.66. The molecule has 1 rings (SSSR count). The number of benzene rings is 1. The number of rotatable bonds is 6. The molecule has 0 aliphatic carbocycles. The van der Waals surface area contributed by atoms with Gasteiger partial charge in [-0.15, -0.1) is 0 Å². The molecular weight excluding hydrogens is 304 g/mol. The average molecular weight is 321 g/mol. The first-order valence-corrected chi connectivity index (χ1v) is 7.83. The van der Waals surface area contributed by atoms with Gasteiger partial charge >= 0.3 is 0 Å². The Morgan fingerprint density at radius 2 is 2.10 bits per heavy atom. The molecule has 1 aromatic carbocycles. The van der Waals surface area contributed by atoms with Crippen LogP contribution in [0.3, 0.4) is 0 Å². The summed E-state index contributed by atoms with van der Waals surface area (Å²) < 4.78 is 27.6. The molecule has 8 heteroatoms. The molecule has 1 atom stereocenters. The van der Waals surface area contributed by atoms with Gasteiger partial charge in [0.15, 0.2) is 0 Å². The molecule has 1 amide bonds. The van der Waals surface area contributed by atoms with Gasteiger partial charge in [-0.05, 0) is 24.6 Å². The summed E-state index contributed by atoms with van der Waals surface area (Å²) >= 11 is 5.81. The van der Waals surface area contributed by atoms with Gasteiger partial charge in [-0.25, -0.2) is 13.6 Å². The quantitative estimate of drug-likeness (QED) is 0.821. The predicted octanol–water partition coefficient (Wildman–Crippen LogP) is 1.14. The second-order valence-electron chi connectivity index (χ2n) is 4.25. The van der Waals surface area contributed by atoms with Crippen LogP contribution < -0.4 is 10.5 Å². The highest BCUT2D eigenvalue weighted by Gasteiger charge is 2.16. The van der Waals surface area contributed by atoms with Crippen molar-refractivity contribution in [2.24, 2.45) is 5.14 Å². The molecule has 20 heavy (non-hydrogen) atoms. The number of nitrogens with two attached hydrogens (primary N) is 1. The molecule has 0 radical (unpaired) electrons. The molecule has 112 valence electrons. The minimum atomic E-state index is -3.91. The van der Waals surface area contributed by atoms with Crippen molar-refractivity contribution in [2.75, 3.05) is 13.7 Å². The van der Waals surface area contributed by atoms with Gasteiger partial charge in [0.05, 0.1) is 17.5 Å². The van der Waals surface area contributed by atoms with Gasteiger partial charge in [0.2, 0.25) is 10.0 Å². The topological polar surface area (TPSA) is 98.5 Å². The van der Waals surface area contributed by atoms with Gasteiger partial charge < -0.3 is 10.1 Å². The molecule has 0 fully saturated rings. The van der Waals surface area contributed by atoms with Crippen molar-refractivity contribution >= 4 is 27.5 Å². The Morgan fingerprint density at radius 1 is 1.45 bits per heavy atom. The van der Waals surface area contributed by atoms with Crippen LogP contribution in [0.2, 0.25) is 5.02 Å². The summed E-state index contributed by atoms with van der Waals surface area (Å²) in [7, 11) is -2.38. The van der Waals surface area contributed by atoms with Gasteiger partial charge in [0.25, 0.3) is 5.91 Å². The molecule has 0 spiro atoms. The second-order valence-corrected chi connectivity index (χ2v) is 6.25. The number of halogens is 1. The van der Waals surface area contributed by atoms with E-state index in [1.165, 1.54) is 25.3 Å². The van der Waals surface area contributed by atoms with Crippen molar-refractivity contribution in [3.63, 3.8) is 0 Å². The number of hydrogen-bond donors (Lipinski definition) is 2. The summed E-state index contributed by atoms with van der Waals surface area (Å²) in [5.41, 5.74) is 0.135. The number of amides is 1. The van der Waals surface area contributed by atoms with Crippen molar-refractivity contribution in [2.45, 2.75) is 24.3 Å². The van der Waals surface area contributed by atoms with E-state index in [4.69, 9.17) is 21.5 Å².